The topological polar surface area (TPSA) is 90.9 Å². The van der Waals surface area contributed by atoms with E-state index in [9.17, 15) is 0 Å². The fraction of sp³-hybridized carbons (Fsp3) is 0.889. The van der Waals surface area contributed by atoms with Crippen LogP contribution in [-0.4, -0.2) is 35.3 Å². The molecule has 0 aromatic rings. The van der Waals surface area contributed by atoms with Crippen LogP contribution in [0.3, 0.4) is 0 Å². The van der Waals surface area contributed by atoms with Crippen LogP contribution in [0.2, 0.25) is 0 Å². The molecule has 5 heteroatoms. The highest BCUT2D eigenvalue weighted by molar-refractivity contribution is 5.79. The van der Waals surface area contributed by atoms with E-state index in [0.29, 0.717) is 18.9 Å². The predicted molar refractivity (Wildman–Crippen MR) is 56.4 cm³/mol. The molecule has 14 heavy (non-hydrogen) atoms. The van der Waals surface area contributed by atoms with E-state index in [2.05, 4.69) is 24.3 Å². The summed E-state index contributed by atoms with van der Waals surface area (Å²) in [7, 11) is 0. The van der Waals surface area contributed by atoms with Gasteiger partial charge >= 0.3 is 0 Å². The second-order valence-electron chi connectivity index (χ2n) is 3.80. The molecule has 0 saturated carbocycles. The first-order valence-corrected chi connectivity index (χ1v) is 4.90. The van der Waals surface area contributed by atoms with Crippen LogP contribution >= 0.6 is 0 Å². The van der Waals surface area contributed by atoms with Gasteiger partial charge in [0.25, 0.3) is 0 Å². The number of hydrogen-bond donors (Lipinski definition) is 4. The largest absolute Gasteiger partial charge is 0.409 e. The van der Waals surface area contributed by atoms with Gasteiger partial charge in [-0.15, -0.1) is 0 Å². The standard InChI is InChI=1S/C9H21N3O2/c1-7(2)5-8(6-13)11-4-3-9(10)12-14/h7-8,11,13-14H,3-6H2,1-2H3,(H2,10,12). The number of rotatable bonds is 7. The smallest absolute Gasteiger partial charge is 0.140 e. The van der Waals surface area contributed by atoms with Crippen LogP contribution in [0.4, 0.5) is 0 Å². The lowest BCUT2D eigenvalue weighted by atomic mass is 10.0. The Morgan fingerprint density at radius 2 is 2.14 bits per heavy atom. The predicted octanol–water partition coefficient (Wildman–Crippen LogP) is 0.120. The van der Waals surface area contributed by atoms with Crippen LogP contribution in [0.1, 0.15) is 26.7 Å². The Morgan fingerprint density at radius 3 is 2.57 bits per heavy atom. The molecule has 0 saturated heterocycles. The number of aliphatic hydroxyl groups is 1. The van der Waals surface area contributed by atoms with E-state index in [1.165, 1.54) is 0 Å². The number of amidine groups is 1. The third kappa shape index (κ3) is 6.68. The van der Waals surface area contributed by atoms with Crippen LogP contribution in [0.5, 0.6) is 0 Å². The van der Waals surface area contributed by atoms with Gasteiger partial charge in [-0.3, -0.25) is 0 Å². The summed E-state index contributed by atoms with van der Waals surface area (Å²) in [5.41, 5.74) is 5.30. The first kappa shape index (κ1) is 13.2. The second kappa shape index (κ2) is 7.58. The van der Waals surface area contributed by atoms with E-state index in [1.54, 1.807) is 0 Å². The molecule has 0 heterocycles. The molecule has 0 bridgehead atoms. The number of aliphatic hydroxyl groups excluding tert-OH is 1. The normalized spacial score (nSPS) is 14.7. The third-order valence-electron chi connectivity index (χ3n) is 1.92. The fourth-order valence-electron chi connectivity index (χ4n) is 1.25. The minimum Gasteiger partial charge on any atom is -0.409 e. The van der Waals surface area contributed by atoms with E-state index < -0.39 is 0 Å². The van der Waals surface area contributed by atoms with Crippen molar-refractivity contribution < 1.29 is 10.3 Å². The zero-order valence-corrected chi connectivity index (χ0v) is 8.90. The van der Waals surface area contributed by atoms with Gasteiger partial charge < -0.3 is 21.4 Å². The Kier molecular flexibility index (Phi) is 7.14. The van der Waals surface area contributed by atoms with E-state index in [0.717, 1.165) is 6.42 Å². The maximum atomic E-state index is 9.02. The van der Waals surface area contributed by atoms with Crippen molar-refractivity contribution in [2.45, 2.75) is 32.7 Å². The summed E-state index contributed by atoms with van der Waals surface area (Å²) in [6.07, 6.45) is 1.41. The number of nitrogens with zero attached hydrogens (tertiary/aromatic N) is 1. The van der Waals surface area contributed by atoms with Gasteiger partial charge in [0, 0.05) is 19.0 Å². The lowest BCUT2D eigenvalue weighted by Crippen LogP contribution is -2.35. The van der Waals surface area contributed by atoms with E-state index in [4.69, 9.17) is 16.0 Å². The molecular weight excluding hydrogens is 182 g/mol. The molecule has 0 spiro atoms. The van der Waals surface area contributed by atoms with Crippen molar-refractivity contribution in [2.75, 3.05) is 13.2 Å². The van der Waals surface area contributed by atoms with Gasteiger partial charge in [-0.2, -0.15) is 0 Å². The van der Waals surface area contributed by atoms with Crippen molar-refractivity contribution in [2.24, 2.45) is 16.8 Å². The van der Waals surface area contributed by atoms with Crippen molar-refractivity contribution in [1.82, 2.24) is 5.32 Å². The van der Waals surface area contributed by atoms with Crippen LogP contribution in [-0.2, 0) is 0 Å². The number of hydrogen-bond acceptors (Lipinski definition) is 4. The van der Waals surface area contributed by atoms with Gasteiger partial charge in [0.15, 0.2) is 0 Å². The molecule has 0 amide bonds. The van der Waals surface area contributed by atoms with Crippen LogP contribution in [0, 0.1) is 5.92 Å². The lowest BCUT2D eigenvalue weighted by molar-refractivity contribution is 0.225. The summed E-state index contributed by atoms with van der Waals surface area (Å²) in [5.74, 6) is 0.752. The van der Waals surface area contributed by atoms with Crippen LogP contribution < -0.4 is 11.1 Å². The van der Waals surface area contributed by atoms with Gasteiger partial charge in [-0.25, -0.2) is 0 Å². The molecule has 0 radical (unpaired) electrons. The number of nitrogens with one attached hydrogen (secondary N) is 1. The van der Waals surface area contributed by atoms with Crippen molar-refractivity contribution in [3.05, 3.63) is 0 Å². The first-order valence-electron chi connectivity index (χ1n) is 4.90. The molecule has 0 fully saturated rings. The van der Waals surface area contributed by atoms with Gasteiger partial charge in [0.05, 0.1) is 6.61 Å². The Hall–Kier alpha value is -0.810. The molecule has 1 atom stereocenters. The van der Waals surface area contributed by atoms with E-state index in [1.807, 2.05) is 0 Å². The zero-order valence-electron chi connectivity index (χ0n) is 8.90. The molecule has 0 aromatic heterocycles. The minimum absolute atomic E-state index is 0.0986. The van der Waals surface area contributed by atoms with Crippen molar-refractivity contribution >= 4 is 5.84 Å². The highest BCUT2D eigenvalue weighted by Gasteiger charge is 2.08. The van der Waals surface area contributed by atoms with E-state index >= 15 is 0 Å². The van der Waals surface area contributed by atoms with Crippen molar-refractivity contribution in [1.29, 1.82) is 0 Å². The maximum absolute atomic E-state index is 9.02. The van der Waals surface area contributed by atoms with E-state index in [-0.39, 0.29) is 18.5 Å². The molecule has 5 nitrogen and oxygen atoms in total. The van der Waals surface area contributed by atoms with Crippen molar-refractivity contribution in [3.8, 4) is 0 Å². The Morgan fingerprint density at radius 1 is 1.50 bits per heavy atom. The Bertz CT molecular complexity index is 171. The molecule has 84 valence electrons. The fourth-order valence-corrected chi connectivity index (χ4v) is 1.25. The Balaban J connectivity index is 3.62. The molecule has 0 aliphatic carbocycles. The molecule has 0 rings (SSSR count). The summed E-state index contributed by atoms with van der Waals surface area (Å²) in [6.45, 7) is 4.95. The third-order valence-corrected chi connectivity index (χ3v) is 1.92. The SMILES string of the molecule is CC(C)CC(CO)NCCC(N)=NO. The van der Waals surface area contributed by atoms with Crippen LogP contribution in [0.25, 0.3) is 0 Å². The Labute approximate surface area is 85.0 Å². The quantitative estimate of drug-likeness (QED) is 0.205. The van der Waals surface area contributed by atoms with Gasteiger partial charge in [-0.05, 0) is 12.3 Å². The zero-order chi connectivity index (χ0) is 11.0. The summed E-state index contributed by atoms with van der Waals surface area (Å²) >= 11 is 0. The highest BCUT2D eigenvalue weighted by Crippen LogP contribution is 2.03. The summed E-state index contributed by atoms with van der Waals surface area (Å²) in [4.78, 5) is 0. The highest BCUT2D eigenvalue weighted by atomic mass is 16.4. The molecular formula is C9H21N3O2. The van der Waals surface area contributed by atoms with Gasteiger partial charge in [0.1, 0.15) is 5.84 Å². The van der Waals surface area contributed by atoms with Gasteiger partial charge in [0.2, 0.25) is 0 Å². The molecule has 0 aliphatic rings. The number of oxime groups is 1. The monoisotopic (exact) mass is 203 g/mol. The lowest BCUT2D eigenvalue weighted by Gasteiger charge is -2.17. The minimum atomic E-state index is 0.0986. The summed E-state index contributed by atoms with van der Waals surface area (Å²) < 4.78 is 0. The molecule has 0 aromatic carbocycles. The molecule has 5 N–H and O–H groups in total. The second-order valence-corrected chi connectivity index (χ2v) is 3.80. The molecule has 0 aliphatic heterocycles. The average molecular weight is 203 g/mol. The maximum Gasteiger partial charge on any atom is 0.140 e. The summed E-state index contributed by atoms with van der Waals surface area (Å²) in [5, 5.41) is 23.3. The van der Waals surface area contributed by atoms with Gasteiger partial charge in [-0.1, -0.05) is 19.0 Å². The summed E-state index contributed by atoms with van der Waals surface area (Å²) in [6, 6.07) is 0.0986. The molecule has 1 unspecified atom stereocenters. The number of nitrogens with two attached hydrogens (primary N) is 1. The first-order chi connectivity index (χ1) is 6.60. The van der Waals surface area contributed by atoms with Crippen molar-refractivity contribution in [3.63, 3.8) is 0 Å². The van der Waals surface area contributed by atoms with Crippen LogP contribution in [0.15, 0.2) is 5.16 Å². The average Bonchev–Trinajstić information content (AvgIpc) is 2.15.